The zero-order chi connectivity index (χ0) is 13.5. The summed E-state index contributed by atoms with van der Waals surface area (Å²) in [7, 11) is 0. The average molecular weight is 259 g/mol. The molecule has 5 atom stereocenters. The van der Waals surface area contributed by atoms with Crippen LogP contribution in [0.4, 0.5) is 0 Å². The maximum atomic E-state index is 9.39. The molecule has 0 aliphatic heterocycles. The second-order valence-corrected chi connectivity index (χ2v) is 7.12. The van der Waals surface area contributed by atoms with E-state index in [1.165, 1.54) is 44.1 Å². The fourth-order valence-corrected chi connectivity index (χ4v) is 5.37. The van der Waals surface area contributed by atoms with Crippen LogP contribution in [0.15, 0.2) is 11.6 Å². The molecule has 19 heavy (non-hydrogen) atoms. The zero-order valence-electron chi connectivity index (χ0n) is 11.9. The molecule has 3 aliphatic rings. The van der Waals surface area contributed by atoms with Crippen molar-refractivity contribution in [3.8, 4) is 6.07 Å². The molecule has 0 heterocycles. The van der Waals surface area contributed by atoms with Gasteiger partial charge in [-0.3, -0.25) is 0 Å². The molecule has 104 valence electrons. The Hall–Kier alpha value is -0.810. The molecule has 3 fully saturated rings. The van der Waals surface area contributed by atoms with Crippen LogP contribution in [0.2, 0.25) is 0 Å². The first-order valence-corrected chi connectivity index (χ1v) is 7.87. The van der Waals surface area contributed by atoms with Crippen LogP contribution in [0.3, 0.4) is 0 Å². The van der Waals surface area contributed by atoms with Crippen LogP contribution in [0.5, 0.6) is 0 Å². The Morgan fingerprint density at radius 1 is 1.37 bits per heavy atom. The van der Waals surface area contributed by atoms with Gasteiger partial charge in [0.1, 0.15) is 0 Å². The topological polar surface area (TPSA) is 44.0 Å². The number of rotatable bonds is 1. The van der Waals surface area contributed by atoms with Gasteiger partial charge in [0.25, 0.3) is 0 Å². The van der Waals surface area contributed by atoms with Gasteiger partial charge in [0.15, 0.2) is 0 Å². The van der Waals surface area contributed by atoms with Gasteiger partial charge in [-0.25, -0.2) is 0 Å². The van der Waals surface area contributed by atoms with Crippen LogP contribution in [0.1, 0.15) is 51.9 Å². The highest BCUT2D eigenvalue weighted by Crippen LogP contribution is 2.61. The number of hydrogen-bond donors (Lipinski definition) is 1. The highest BCUT2D eigenvalue weighted by molar-refractivity contribution is 5.14. The van der Waals surface area contributed by atoms with Gasteiger partial charge in [-0.1, -0.05) is 18.6 Å². The van der Waals surface area contributed by atoms with Crippen molar-refractivity contribution >= 4 is 0 Å². The summed E-state index contributed by atoms with van der Waals surface area (Å²) < 4.78 is 0. The molecule has 0 spiro atoms. The summed E-state index contributed by atoms with van der Waals surface area (Å²) in [6, 6.07) is 2.58. The summed E-state index contributed by atoms with van der Waals surface area (Å²) in [5, 5.41) is 18.5. The Bertz CT molecular complexity index is 421. The number of fused-ring (bicyclic) bond motifs is 3. The van der Waals surface area contributed by atoms with Gasteiger partial charge in [0.2, 0.25) is 0 Å². The lowest BCUT2D eigenvalue weighted by molar-refractivity contribution is 0.0119. The molecule has 0 unspecified atom stereocenters. The Morgan fingerprint density at radius 3 is 2.95 bits per heavy atom. The second-order valence-electron chi connectivity index (χ2n) is 7.12. The van der Waals surface area contributed by atoms with Crippen molar-refractivity contribution in [3.63, 3.8) is 0 Å². The van der Waals surface area contributed by atoms with Crippen LogP contribution < -0.4 is 0 Å². The van der Waals surface area contributed by atoms with Crippen molar-refractivity contribution in [2.45, 2.75) is 51.9 Å². The quantitative estimate of drug-likeness (QED) is 0.730. The minimum atomic E-state index is 0.199. The van der Waals surface area contributed by atoms with Gasteiger partial charge in [-0.05, 0) is 68.1 Å². The number of aliphatic hydroxyl groups is 1. The molecular weight excluding hydrogens is 234 g/mol. The van der Waals surface area contributed by atoms with Gasteiger partial charge in [0.05, 0.1) is 18.6 Å². The normalized spacial score (nSPS) is 47.5. The number of hydrogen-bond acceptors (Lipinski definition) is 2. The van der Waals surface area contributed by atoms with Crippen molar-refractivity contribution in [3.05, 3.63) is 11.6 Å². The van der Waals surface area contributed by atoms with Gasteiger partial charge >= 0.3 is 0 Å². The molecule has 3 aliphatic carbocycles. The number of nitriles is 1. The monoisotopic (exact) mass is 259 g/mol. The third kappa shape index (κ3) is 2.03. The van der Waals surface area contributed by atoms with E-state index in [-0.39, 0.29) is 6.61 Å². The molecule has 0 saturated heterocycles. The molecule has 1 N–H and O–H groups in total. The van der Waals surface area contributed by atoms with Crippen LogP contribution in [-0.4, -0.2) is 11.7 Å². The molecule has 0 radical (unpaired) electrons. The van der Waals surface area contributed by atoms with E-state index in [0.717, 1.165) is 24.2 Å². The smallest absolute Gasteiger partial charge is 0.0661 e. The summed E-state index contributed by atoms with van der Waals surface area (Å²) in [5.74, 6) is 2.74. The maximum absolute atomic E-state index is 9.39. The summed E-state index contributed by atoms with van der Waals surface area (Å²) in [5.41, 5.74) is 1.77. The van der Waals surface area contributed by atoms with E-state index in [1.807, 2.05) is 6.08 Å². The lowest BCUT2D eigenvalue weighted by Gasteiger charge is -2.50. The predicted octanol–water partition coefficient (Wildman–Crippen LogP) is 3.67. The van der Waals surface area contributed by atoms with Crippen LogP contribution in [0.25, 0.3) is 0 Å². The highest BCUT2D eigenvalue weighted by atomic mass is 16.2. The molecular formula is C17H25NO. The van der Waals surface area contributed by atoms with Crippen molar-refractivity contribution in [2.75, 3.05) is 6.61 Å². The Balaban J connectivity index is 1.78. The standard InChI is InChI=1S/C17H25NO/c1-17-8-6-13-10-12(7-9-19)2-4-15(13)16(17)5-3-14(17)11-18/h7,13-16,19H,2-6,8-10H2,1H3/t13-,14-,15-,16+,17-/m1/s1. The van der Waals surface area contributed by atoms with Gasteiger partial charge in [0, 0.05) is 0 Å². The summed E-state index contributed by atoms with van der Waals surface area (Å²) in [4.78, 5) is 0. The Morgan fingerprint density at radius 2 is 2.21 bits per heavy atom. The zero-order valence-corrected chi connectivity index (χ0v) is 11.9. The third-order valence-corrected chi connectivity index (χ3v) is 6.44. The minimum Gasteiger partial charge on any atom is -0.392 e. The molecule has 0 bridgehead atoms. The van der Waals surface area contributed by atoms with Crippen molar-refractivity contribution in [1.29, 1.82) is 5.26 Å². The molecule has 3 saturated carbocycles. The molecule has 2 heteroatoms. The number of allylic oxidation sites excluding steroid dienone is 1. The largest absolute Gasteiger partial charge is 0.392 e. The summed E-state index contributed by atoms with van der Waals surface area (Å²) >= 11 is 0. The van der Waals surface area contributed by atoms with E-state index in [1.54, 1.807) is 0 Å². The van der Waals surface area contributed by atoms with Crippen molar-refractivity contribution in [1.82, 2.24) is 0 Å². The van der Waals surface area contributed by atoms with Crippen molar-refractivity contribution in [2.24, 2.45) is 29.1 Å². The first-order valence-electron chi connectivity index (χ1n) is 7.87. The lowest BCUT2D eigenvalue weighted by atomic mass is 9.55. The maximum Gasteiger partial charge on any atom is 0.0661 e. The Labute approximate surface area is 116 Å². The molecule has 0 aromatic heterocycles. The SMILES string of the molecule is C[C@]12CC[C@@H]3CC(=CCO)CC[C@H]3[C@@H]1CC[C@@H]2C#N. The minimum absolute atomic E-state index is 0.199. The molecule has 0 amide bonds. The fourth-order valence-electron chi connectivity index (χ4n) is 5.37. The first-order chi connectivity index (χ1) is 9.19. The predicted molar refractivity (Wildman–Crippen MR) is 75.2 cm³/mol. The molecule has 0 aromatic rings. The van der Waals surface area contributed by atoms with Gasteiger partial charge in [-0.2, -0.15) is 5.26 Å². The van der Waals surface area contributed by atoms with Crippen LogP contribution >= 0.6 is 0 Å². The van der Waals surface area contributed by atoms with Crippen LogP contribution in [-0.2, 0) is 0 Å². The Kier molecular flexibility index (Phi) is 3.43. The van der Waals surface area contributed by atoms with E-state index in [9.17, 15) is 5.26 Å². The van der Waals surface area contributed by atoms with E-state index in [0.29, 0.717) is 11.3 Å². The molecule has 0 aromatic carbocycles. The average Bonchev–Trinajstić information content (AvgIpc) is 2.76. The van der Waals surface area contributed by atoms with Crippen molar-refractivity contribution < 1.29 is 5.11 Å². The van der Waals surface area contributed by atoms with E-state index in [4.69, 9.17) is 5.11 Å². The van der Waals surface area contributed by atoms with Gasteiger partial charge in [-0.15, -0.1) is 0 Å². The van der Waals surface area contributed by atoms with Crippen LogP contribution in [0, 0.1) is 40.4 Å². The number of nitrogens with zero attached hydrogens (tertiary/aromatic N) is 1. The molecule has 2 nitrogen and oxygen atoms in total. The molecule has 3 rings (SSSR count). The summed E-state index contributed by atoms with van der Waals surface area (Å²) in [6.07, 6.45) is 10.6. The first kappa shape index (κ1) is 13.2. The number of aliphatic hydroxyl groups excluding tert-OH is 1. The van der Waals surface area contributed by atoms with E-state index >= 15 is 0 Å². The summed E-state index contributed by atoms with van der Waals surface area (Å²) in [6.45, 7) is 2.58. The van der Waals surface area contributed by atoms with E-state index in [2.05, 4.69) is 13.0 Å². The third-order valence-electron chi connectivity index (χ3n) is 6.44. The lowest BCUT2D eigenvalue weighted by Crippen LogP contribution is -2.42. The second kappa shape index (κ2) is 4.94. The van der Waals surface area contributed by atoms with Gasteiger partial charge < -0.3 is 5.11 Å². The fraction of sp³-hybridized carbons (Fsp3) is 0.824. The highest BCUT2D eigenvalue weighted by Gasteiger charge is 2.54. The van der Waals surface area contributed by atoms with E-state index < -0.39 is 0 Å².